The number of benzene rings is 1. The van der Waals surface area contributed by atoms with Crippen LogP contribution in [0.3, 0.4) is 0 Å². The number of aliphatic hydroxyl groups is 1. The van der Waals surface area contributed by atoms with E-state index in [2.05, 4.69) is 6.58 Å². The molecule has 5 heteroatoms. The Kier molecular flexibility index (Phi) is 3.90. The number of rotatable bonds is 4. The highest BCUT2D eigenvalue weighted by atomic mass is 16.6. The molecule has 0 saturated carbocycles. The van der Waals surface area contributed by atoms with Crippen molar-refractivity contribution in [3.63, 3.8) is 0 Å². The average molecular weight is 276 g/mol. The molecule has 2 rings (SSSR count). The molecule has 1 aromatic rings. The zero-order valence-corrected chi connectivity index (χ0v) is 11.4. The van der Waals surface area contributed by atoms with Crippen molar-refractivity contribution in [2.75, 3.05) is 6.61 Å². The normalized spacial score (nSPS) is 19.9. The van der Waals surface area contributed by atoms with E-state index in [4.69, 9.17) is 9.47 Å². The molecule has 1 heterocycles. The van der Waals surface area contributed by atoms with E-state index < -0.39 is 18.2 Å². The summed E-state index contributed by atoms with van der Waals surface area (Å²) in [4.78, 5) is 22.7. The van der Waals surface area contributed by atoms with E-state index in [9.17, 15) is 14.7 Å². The zero-order valence-electron chi connectivity index (χ0n) is 11.4. The molecular weight excluding hydrogens is 260 g/mol. The minimum Gasteiger partial charge on any atom is -0.481 e. The van der Waals surface area contributed by atoms with Crippen LogP contribution in [0.2, 0.25) is 0 Å². The standard InChI is InChI=1S/C15H16O5/c1-8(7-16)14-15(19-10(3)18)12-6-11(9(2)17)4-5-13(12)20-14/h4-6,14-16H,1,7H2,2-3H3/t14-,15+/m0/s1. The van der Waals surface area contributed by atoms with Crippen LogP contribution in [0.15, 0.2) is 30.4 Å². The number of carbonyl (C=O) groups excluding carboxylic acids is 2. The highest BCUT2D eigenvalue weighted by Crippen LogP contribution is 2.41. The second-order valence-electron chi connectivity index (χ2n) is 4.69. The molecule has 0 radical (unpaired) electrons. The average Bonchev–Trinajstić information content (AvgIpc) is 2.75. The number of carbonyl (C=O) groups is 2. The van der Waals surface area contributed by atoms with Gasteiger partial charge in [0.2, 0.25) is 0 Å². The molecule has 2 atom stereocenters. The van der Waals surface area contributed by atoms with Gasteiger partial charge in [-0.15, -0.1) is 0 Å². The largest absolute Gasteiger partial charge is 0.481 e. The van der Waals surface area contributed by atoms with Gasteiger partial charge in [-0.05, 0) is 30.7 Å². The molecule has 1 aliphatic heterocycles. The molecule has 0 aliphatic carbocycles. The first-order valence-electron chi connectivity index (χ1n) is 6.21. The van der Waals surface area contributed by atoms with Gasteiger partial charge in [0, 0.05) is 18.1 Å². The summed E-state index contributed by atoms with van der Waals surface area (Å²) < 4.78 is 10.9. The van der Waals surface area contributed by atoms with E-state index in [1.165, 1.54) is 13.8 Å². The van der Waals surface area contributed by atoms with Gasteiger partial charge in [-0.2, -0.15) is 0 Å². The number of fused-ring (bicyclic) bond motifs is 1. The lowest BCUT2D eigenvalue weighted by Crippen LogP contribution is -2.26. The second kappa shape index (κ2) is 5.46. The van der Waals surface area contributed by atoms with Gasteiger partial charge in [-0.25, -0.2) is 0 Å². The molecule has 20 heavy (non-hydrogen) atoms. The molecule has 0 unspecified atom stereocenters. The van der Waals surface area contributed by atoms with E-state index in [0.29, 0.717) is 22.4 Å². The number of esters is 1. The number of ketones is 1. The molecule has 1 aromatic carbocycles. The Morgan fingerprint density at radius 3 is 2.65 bits per heavy atom. The lowest BCUT2D eigenvalue weighted by molar-refractivity contribution is -0.149. The molecule has 1 aliphatic rings. The monoisotopic (exact) mass is 276 g/mol. The van der Waals surface area contributed by atoms with Crippen molar-refractivity contribution in [2.45, 2.75) is 26.1 Å². The molecule has 5 nitrogen and oxygen atoms in total. The maximum absolute atomic E-state index is 11.4. The molecule has 0 spiro atoms. The van der Waals surface area contributed by atoms with Gasteiger partial charge in [0.05, 0.1) is 6.61 Å². The first kappa shape index (κ1) is 14.3. The number of hydrogen-bond acceptors (Lipinski definition) is 5. The first-order chi connectivity index (χ1) is 9.43. The van der Waals surface area contributed by atoms with Crippen LogP contribution in [0.25, 0.3) is 0 Å². The van der Waals surface area contributed by atoms with Crippen LogP contribution in [0, 0.1) is 0 Å². The van der Waals surface area contributed by atoms with Crippen LogP contribution in [0.5, 0.6) is 5.75 Å². The lowest BCUT2D eigenvalue weighted by atomic mass is 9.99. The Bertz CT molecular complexity index is 576. The third kappa shape index (κ3) is 2.58. The Morgan fingerprint density at radius 1 is 1.40 bits per heavy atom. The van der Waals surface area contributed by atoms with Crippen LogP contribution in [0.4, 0.5) is 0 Å². The highest BCUT2D eigenvalue weighted by molar-refractivity contribution is 5.94. The smallest absolute Gasteiger partial charge is 0.303 e. The summed E-state index contributed by atoms with van der Waals surface area (Å²) in [6.45, 7) is 6.21. The van der Waals surface area contributed by atoms with Gasteiger partial charge in [0.1, 0.15) is 5.75 Å². The van der Waals surface area contributed by atoms with Gasteiger partial charge >= 0.3 is 5.97 Å². The van der Waals surface area contributed by atoms with Gasteiger partial charge in [-0.3, -0.25) is 9.59 Å². The van der Waals surface area contributed by atoms with Gasteiger partial charge in [0.15, 0.2) is 18.0 Å². The van der Waals surface area contributed by atoms with E-state index in [0.717, 1.165) is 0 Å². The number of Topliss-reactive ketones (excluding diaryl/α,β-unsaturated/α-hetero) is 1. The van der Waals surface area contributed by atoms with Crippen molar-refractivity contribution < 1.29 is 24.2 Å². The fraction of sp³-hybridized carbons (Fsp3) is 0.333. The number of aliphatic hydroxyl groups excluding tert-OH is 1. The molecular formula is C15H16O5. The highest BCUT2D eigenvalue weighted by Gasteiger charge is 2.38. The summed E-state index contributed by atoms with van der Waals surface area (Å²) in [5, 5.41) is 9.19. The molecule has 106 valence electrons. The summed E-state index contributed by atoms with van der Waals surface area (Å²) in [6, 6.07) is 4.96. The Hall–Kier alpha value is -2.14. The summed E-state index contributed by atoms with van der Waals surface area (Å²) in [7, 11) is 0. The minimum atomic E-state index is -0.693. The molecule has 0 bridgehead atoms. The van der Waals surface area contributed by atoms with Crippen molar-refractivity contribution in [3.05, 3.63) is 41.5 Å². The molecule has 1 N–H and O–H groups in total. The van der Waals surface area contributed by atoms with Crippen LogP contribution >= 0.6 is 0 Å². The van der Waals surface area contributed by atoms with Crippen molar-refractivity contribution in [1.82, 2.24) is 0 Å². The van der Waals surface area contributed by atoms with Crippen molar-refractivity contribution >= 4 is 11.8 Å². The minimum absolute atomic E-state index is 0.0844. The van der Waals surface area contributed by atoms with E-state index in [1.807, 2.05) is 0 Å². The van der Waals surface area contributed by atoms with E-state index in [-0.39, 0.29) is 12.4 Å². The fourth-order valence-electron chi connectivity index (χ4n) is 2.15. The molecule has 0 saturated heterocycles. The van der Waals surface area contributed by atoms with E-state index >= 15 is 0 Å². The Morgan fingerprint density at radius 2 is 2.10 bits per heavy atom. The fourth-order valence-corrected chi connectivity index (χ4v) is 2.15. The Balaban J connectivity index is 2.42. The van der Waals surface area contributed by atoms with Gasteiger partial charge < -0.3 is 14.6 Å². The zero-order chi connectivity index (χ0) is 14.9. The van der Waals surface area contributed by atoms with E-state index in [1.54, 1.807) is 18.2 Å². The van der Waals surface area contributed by atoms with Crippen LogP contribution in [0.1, 0.15) is 35.9 Å². The van der Waals surface area contributed by atoms with Crippen molar-refractivity contribution in [3.8, 4) is 5.75 Å². The van der Waals surface area contributed by atoms with Crippen LogP contribution in [-0.2, 0) is 9.53 Å². The predicted molar refractivity (Wildman–Crippen MR) is 71.6 cm³/mol. The molecule has 0 amide bonds. The maximum atomic E-state index is 11.4. The topological polar surface area (TPSA) is 72.8 Å². The third-order valence-corrected chi connectivity index (χ3v) is 3.15. The molecule has 0 aromatic heterocycles. The van der Waals surface area contributed by atoms with Crippen molar-refractivity contribution in [1.29, 1.82) is 0 Å². The summed E-state index contributed by atoms with van der Waals surface area (Å²) >= 11 is 0. The van der Waals surface area contributed by atoms with Crippen LogP contribution in [-0.4, -0.2) is 29.6 Å². The van der Waals surface area contributed by atoms with Gasteiger partial charge in [0.25, 0.3) is 0 Å². The first-order valence-corrected chi connectivity index (χ1v) is 6.21. The van der Waals surface area contributed by atoms with Gasteiger partial charge in [-0.1, -0.05) is 6.58 Å². The third-order valence-electron chi connectivity index (χ3n) is 3.15. The summed E-state index contributed by atoms with van der Waals surface area (Å²) in [5.74, 6) is -0.0184. The molecule has 0 fully saturated rings. The van der Waals surface area contributed by atoms with Crippen LogP contribution < -0.4 is 4.74 Å². The lowest BCUT2D eigenvalue weighted by Gasteiger charge is -2.19. The van der Waals surface area contributed by atoms with Crippen molar-refractivity contribution in [2.24, 2.45) is 0 Å². The Labute approximate surface area is 116 Å². The quantitative estimate of drug-likeness (QED) is 0.516. The number of ether oxygens (including phenoxy) is 2. The predicted octanol–water partition coefficient (Wildman–Crippen LogP) is 1.80. The second-order valence-corrected chi connectivity index (χ2v) is 4.69. The number of hydrogen-bond donors (Lipinski definition) is 1. The SMILES string of the molecule is C=C(CO)[C@@H]1Oc2ccc(C(C)=O)cc2[C@H]1OC(C)=O. The summed E-state index contributed by atoms with van der Waals surface area (Å²) in [5.41, 5.74) is 1.55. The summed E-state index contributed by atoms with van der Waals surface area (Å²) in [6.07, 6.45) is -1.33. The maximum Gasteiger partial charge on any atom is 0.303 e.